The van der Waals surface area contributed by atoms with Crippen LogP contribution in [-0.4, -0.2) is 86.6 Å². The summed E-state index contributed by atoms with van der Waals surface area (Å²) < 4.78 is 11.1. The molecule has 148 valence electrons. The number of aliphatic hydroxyl groups is 1. The molecule has 0 unspecified atom stereocenters. The summed E-state index contributed by atoms with van der Waals surface area (Å²) in [6.45, 7) is 10.8. The number of ether oxygens (including phenoxy) is 2. The topological polar surface area (TPSA) is 57.2 Å². The molecule has 0 radical (unpaired) electrons. The first-order valence-electron chi connectivity index (χ1n) is 9.44. The fourth-order valence-corrected chi connectivity index (χ4v) is 2.86. The molecule has 0 spiro atoms. The van der Waals surface area contributed by atoms with Gasteiger partial charge in [0.1, 0.15) is 18.5 Å². The minimum Gasteiger partial charge on any atom is -0.491 e. The number of β-amino-alcohol motifs (C(OH)–C–C–N with tert-alkyl or cyclic N) is 1. The van der Waals surface area contributed by atoms with Crippen molar-refractivity contribution >= 4 is 0 Å². The lowest BCUT2D eigenvalue weighted by Crippen LogP contribution is -2.47. The number of nitrogens with one attached hydrogen (secondary N) is 1. The Hall–Kier alpha value is -1.18. The maximum Gasteiger partial charge on any atom is 0.119 e. The molecule has 0 aromatic heterocycles. The monoisotopic (exact) mass is 365 g/mol. The van der Waals surface area contributed by atoms with Gasteiger partial charge in [0.2, 0.25) is 0 Å². The van der Waals surface area contributed by atoms with Gasteiger partial charge in [-0.2, -0.15) is 0 Å². The zero-order valence-corrected chi connectivity index (χ0v) is 16.7. The Labute approximate surface area is 158 Å². The van der Waals surface area contributed by atoms with E-state index in [1.807, 2.05) is 12.1 Å². The van der Waals surface area contributed by atoms with Gasteiger partial charge in [0, 0.05) is 52.9 Å². The highest BCUT2D eigenvalue weighted by Crippen LogP contribution is 2.13. The average Bonchev–Trinajstić information content (AvgIpc) is 2.63. The molecule has 6 nitrogen and oxygen atoms in total. The SMILES string of the molecule is COC(C)(C)CNCc1ccc(OC[C@@H](O)CN2CCN(C)CC2)cc1. The van der Waals surface area contributed by atoms with Gasteiger partial charge in [0.25, 0.3) is 0 Å². The van der Waals surface area contributed by atoms with E-state index in [-0.39, 0.29) is 5.60 Å². The van der Waals surface area contributed by atoms with E-state index in [0.29, 0.717) is 13.2 Å². The summed E-state index contributed by atoms with van der Waals surface area (Å²) in [7, 11) is 3.86. The molecule has 0 bridgehead atoms. The summed E-state index contributed by atoms with van der Waals surface area (Å²) in [6.07, 6.45) is -0.462. The van der Waals surface area contributed by atoms with Crippen LogP contribution in [0.3, 0.4) is 0 Å². The lowest BCUT2D eigenvalue weighted by Gasteiger charge is -2.33. The molecular weight excluding hydrogens is 330 g/mol. The predicted octanol–water partition coefficient (Wildman–Crippen LogP) is 1.19. The molecule has 1 saturated heterocycles. The van der Waals surface area contributed by atoms with Crippen LogP contribution in [0.2, 0.25) is 0 Å². The normalized spacial score (nSPS) is 18.0. The van der Waals surface area contributed by atoms with Crippen molar-refractivity contribution in [2.75, 3.05) is 60.0 Å². The first-order chi connectivity index (χ1) is 12.4. The van der Waals surface area contributed by atoms with Crippen molar-refractivity contribution in [2.45, 2.75) is 32.1 Å². The summed E-state index contributed by atoms with van der Waals surface area (Å²) in [5.41, 5.74) is 1.03. The minimum atomic E-state index is -0.462. The lowest BCUT2D eigenvalue weighted by atomic mass is 10.1. The molecule has 1 atom stereocenters. The zero-order valence-electron chi connectivity index (χ0n) is 16.7. The maximum absolute atomic E-state index is 10.2. The van der Waals surface area contributed by atoms with Crippen molar-refractivity contribution in [2.24, 2.45) is 0 Å². The van der Waals surface area contributed by atoms with E-state index in [1.165, 1.54) is 5.56 Å². The highest BCUT2D eigenvalue weighted by Gasteiger charge is 2.17. The number of piperazine rings is 1. The number of aliphatic hydroxyl groups excluding tert-OH is 1. The van der Waals surface area contributed by atoms with Gasteiger partial charge in [-0.1, -0.05) is 12.1 Å². The quantitative estimate of drug-likeness (QED) is 0.650. The number of hydrogen-bond acceptors (Lipinski definition) is 6. The van der Waals surface area contributed by atoms with Gasteiger partial charge in [0.05, 0.1) is 5.60 Å². The Kier molecular flexibility index (Phi) is 8.31. The average molecular weight is 366 g/mol. The second-order valence-electron chi connectivity index (χ2n) is 7.78. The van der Waals surface area contributed by atoms with Crippen LogP contribution < -0.4 is 10.1 Å². The number of nitrogens with zero attached hydrogens (tertiary/aromatic N) is 2. The Morgan fingerprint density at radius 3 is 2.42 bits per heavy atom. The van der Waals surface area contributed by atoms with Gasteiger partial charge in [-0.15, -0.1) is 0 Å². The van der Waals surface area contributed by atoms with Crippen LogP contribution in [0.5, 0.6) is 5.75 Å². The summed E-state index contributed by atoms with van der Waals surface area (Å²) in [5.74, 6) is 0.795. The number of methoxy groups -OCH3 is 1. The van der Waals surface area contributed by atoms with Gasteiger partial charge in [0.15, 0.2) is 0 Å². The van der Waals surface area contributed by atoms with Crippen molar-refractivity contribution in [1.29, 1.82) is 0 Å². The van der Waals surface area contributed by atoms with Crippen LogP contribution >= 0.6 is 0 Å². The summed E-state index contributed by atoms with van der Waals surface area (Å²) in [4.78, 5) is 4.61. The first-order valence-corrected chi connectivity index (χ1v) is 9.44. The van der Waals surface area contributed by atoms with Gasteiger partial charge in [-0.25, -0.2) is 0 Å². The third-order valence-corrected chi connectivity index (χ3v) is 4.86. The van der Waals surface area contributed by atoms with Crippen molar-refractivity contribution < 1.29 is 14.6 Å². The molecule has 1 aliphatic rings. The van der Waals surface area contributed by atoms with E-state index in [9.17, 15) is 5.11 Å². The van der Waals surface area contributed by atoms with Gasteiger partial charge in [-0.3, -0.25) is 4.90 Å². The Balaban J connectivity index is 1.66. The molecule has 1 aliphatic heterocycles. The Bertz CT molecular complexity index is 514. The molecule has 1 heterocycles. The molecule has 2 rings (SSSR count). The fraction of sp³-hybridized carbons (Fsp3) is 0.700. The van der Waals surface area contributed by atoms with Crippen LogP contribution in [0, 0.1) is 0 Å². The molecule has 6 heteroatoms. The van der Waals surface area contributed by atoms with E-state index in [2.05, 4.69) is 48.1 Å². The molecule has 26 heavy (non-hydrogen) atoms. The third-order valence-electron chi connectivity index (χ3n) is 4.86. The first kappa shape index (κ1) is 21.1. The standard InChI is InChI=1S/C20H35N3O3/c1-20(2,25-4)16-21-13-17-5-7-19(8-6-17)26-15-18(24)14-23-11-9-22(3)10-12-23/h5-8,18,21,24H,9-16H2,1-4H3/t18-/m0/s1. The van der Waals surface area contributed by atoms with Crippen molar-refractivity contribution in [1.82, 2.24) is 15.1 Å². The molecule has 1 aromatic rings. The highest BCUT2D eigenvalue weighted by atomic mass is 16.5. The predicted molar refractivity (Wildman–Crippen MR) is 105 cm³/mol. The Morgan fingerprint density at radius 1 is 1.15 bits per heavy atom. The second kappa shape index (κ2) is 10.2. The van der Waals surface area contributed by atoms with Gasteiger partial charge in [-0.05, 0) is 38.6 Å². The zero-order chi connectivity index (χ0) is 19.0. The summed E-state index contributed by atoms with van der Waals surface area (Å²) in [6, 6.07) is 8.02. The highest BCUT2D eigenvalue weighted by molar-refractivity contribution is 5.27. The van der Waals surface area contributed by atoms with Gasteiger partial charge >= 0.3 is 0 Å². The van der Waals surface area contributed by atoms with Crippen molar-refractivity contribution in [3.8, 4) is 5.75 Å². The molecule has 0 saturated carbocycles. The van der Waals surface area contributed by atoms with Crippen molar-refractivity contribution in [3.63, 3.8) is 0 Å². The van der Waals surface area contributed by atoms with Crippen molar-refractivity contribution in [3.05, 3.63) is 29.8 Å². The van der Waals surface area contributed by atoms with E-state index >= 15 is 0 Å². The molecule has 0 amide bonds. The third kappa shape index (κ3) is 7.60. The fourth-order valence-electron chi connectivity index (χ4n) is 2.86. The van der Waals surface area contributed by atoms with E-state index in [4.69, 9.17) is 9.47 Å². The van der Waals surface area contributed by atoms with Crippen LogP contribution in [0.15, 0.2) is 24.3 Å². The number of hydrogen-bond donors (Lipinski definition) is 2. The molecule has 0 aliphatic carbocycles. The lowest BCUT2D eigenvalue weighted by molar-refractivity contribution is 0.0230. The molecular formula is C20H35N3O3. The summed E-state index contributed by atoms with van der Waals surface area (Å²) >= 11 is 0. The van der Waals surface area contributed by atoms with Crippen LogP contribution in [0.1, 0.15) is 19.4 Å². The molecule has 1 aromatic carbocycles. The molecule has 2 N–H and O–H groups in total. The largest absolute Gasteiger partial charge is 0.491 e. The molecule has 1 fully saturated rings. The second-order valence-corrected chi connectivity index (χ2v) is 7.78. The van der Waals surface area contributed by atoms with Crippen LogP contribution in [0.25, 0.3) is 0 Å². The minimum absolute atomic E-state index is 0.164. The number of rotatable bonds is 10. The Morgan fingerprint density at radius 2 is 1.81 bits per heavy atom. The maximum atomic E-state index is 10.2. The van der Waals surface area contributed by atoms with E-state index < -0.39 is 6.10 Å². The van der Waals surface area contributed by atoms with E-state index in [1.54, 1.807) is 7.11 Å². The van der Waals surface area contributed by atoms with Gasteiger partial charge < -0.3 is 24.8 Å². The number of benzene rings is 1. The summed E-state index contributed by atoms with van der Waals surface area (Å²) in [5, 5.41) is 13.6. The smallest absolute Gasteiger partial charge is 0.119 e. The van der Waals surface area contributed by atoms with E-state index in [0.717, 1.165) is 45.0 Å². The van der Waals surface area contributed by atoms with Crippen LogP contribution in [-0.2, 0) is 11.3 Å². The van der Waals surface area contributed by atoms with Crippen LogP contribution in [0.4, 0.5) is 0 Å². The number of likely N-dealkylation sites (N-methyl/N-ethyl adjacent to an activating group) is 1.